The molecule has 10 atom stereocenters. The van der Waals surface area contributed by atoms with E-state index >= 15 is 4.79 Å². The molecule has 0 amide bonds. The number of esters is 2. The van der Waals surface area contributed by atoms with E-state index in [1.807, 2.05) is 26.1 Å². The van der Waals surface area contributed by atoms with E-state index in [-0.39, 0.29) is 17.9 Å². The van der Waals surface area contributed by atoms with E-state index in [1.165, 1.54) is 14.0 Å². The first kappa shape index (κ1) is 36.7. The number of ether oxygens (including phenoxy) is 3. The minimum atomic E-state index is -1.32. The molecule has 9 rings (SSSR count). The van der Waals surface area contributed by atoms with Gasteiger partial charge in [-0.1, -0.05) is 44.2 Å². The number of carbonyl (C=O) groups excluding carboxylic acids is 2. The van der Waals surface area contributed by atoms with Gasteiger partial charge < -0.3 is 34.3 Å². The molecule has 294 valence electrons. The molecular formula is C44H56N4O7. The minimum Gasteiger partial charge on any atom is -0.496 e. The number of nitrogens with one attached hydrogen (secondary N) is 1. The number of aliphatic hydroxyl groups excluding tert-OH is 1. The van der Waals surface area contributed by atoms with Gasteiger partial charge in [0.1, 0.15) is 23.4 Å². The molecule has 2 bridgehead atoms. The van der Waals surface area contributed by atoms with Crippen LogP contribution in [0.15, 0.2) is 48.6 Å². The molecule has 2 saturated heterocycles. The van der Waals surface area contributed by atoms with Gasteiger partial charge in [-0.3, -0.25) is 19.4 Å². The molecule has 3 aromatic rings. The third kappa shape index (κ3) is 4.88. The van der Waals surface area contributed by atoms with Gasteiger partial charge in [0.05, 0.1) is 25.9 Å². The Bertz CT molecular complexity index is 2080. The standard InChI is InChI=1S/C44H56N4O7/c1-7-41(52)22-27-23-44(40(51)54-6,36-29(14-18-47(24-27)25-41)28-12-9-10-13-32(28)45-36)31-20-30-33(21-34(31)53-5)46(4)37-35(50)38(55-26(3)49)42(8-2)15-11-17-48-19-16-43(30,37)39(42)48/h9-13,15,20-21,27,35,37-39,45,50,52H,7-8,14,16-19,22-25H2,1-6H3/t27-,35-,37?,38-,39-,41-,42-,43-,44-/m0/s1. The molecule has 11 nitrogen and oxygen atoms in total. The predicted octanol–water partition coefficient (Wildman–Crippen LogP) is 4.45. The van der Waals surface area contributed by atoms with Gasteiger partial charge in [0.15, 0.2) is 0 Å². The summed E-state index contributed by atoms with van der Waals surface area (Å²) >= 11 is 0. The maximum atomic E-state index is 15.2. The Morgan fingerprint density at radius 1 is 1.05 bits per heavy atom. The Kier molecular flexibility index (Phi) is 8.55. The van der Waals surface area contributed by atoms with Gasteiger partial charge in [0.2, 0.25) is 0 Å². The summed E-state index contributed by atoms with van der Waals surface area (Å²) in [6.07, 6.45) is 6.45. The lowest BCUT2D eigenvalue weighted by Gasteiger charge is -2.60. The topological polar surface area (TPSA) is 128 Å². The molecule has 1 unspecified atom stereocenters. The molecule has 6 aliphatic rings. The normalized spacial score (nSPS) is 37.6. The monoisotopic (exact) mass is 752 g/mol. The molecule has 3 fully saturated rings. The number of aromatic nitrogens is 1. The van der Waals surface area contributed by atoms with Crippen LogP contribution in [0.4, 0.5) is 5.69 Å². The lowest BCUT2D eigenvalue weighted by molar-refractivity contribution is -0.184. The number of anilines is 1. The number of para-hydroxylation sites is 1. The number of methoxy groups -OCH3 is 2. The van der Waals surface area contributed by atoms with E-state index in [0.717, 1.165) is 71.6 Å². The van der Waals surface area contributed by atoms with Crippen molar-refractivity contribution in [3.05, 3.63) is 70.9 Å². The van der Waals surface area contributed by atoms with Crippen LogP contribution in [0, 0.1) is 11.3 Å². The van der Waals surface area contributed by atoms with E-state index in [2.05, 4.69) is 63.0 Å². The number of piperidine rings is 1. The number of likely N-dealkylation sites (N-methyl/N-ethyl adjacent to an activating group) is 1. The van der Waals surface area contributed by atoms with E-state index in [0.29, 0.717) is 44.4 Å². The fraction of sp³-hybridized carbons (Fsp3) is 0.591. The van der Waals surface area contributed by atoms with E-state index in [9.17, 15) is 15.0 Å². The fourth-order valence-corrected chi connectivity index (χ4v) is 13.0. The van der Waals surface area contributed by atoms with Crippen molar-refractivity contribution in [1.82, 2.24) is 14.8 Å². The van der Waals surface area contributed by atoms with E-state index in [4.69, 9.17) is 14.2 Å². The van der Waals surface area contributed by atoms with E-state index in [1.54, 1.807) is 7.11 Å². The predicted molar refractivity (Wildman–Crippen MR) is 209 cm³/mol. The first-order chi connectivity index (χ1) is 26.4. The molecule has 1 saturated carbocycles. The van der Waals surface area contributed by atoms with Crippen LogP contribution in [0.25, 0.3) is 10.9 Å². The summed E-state index contributed by atoms with van der Waals surface area (Å²) in [5.41, 5.74) is 2.26. The molecule has 1 aliphatic carbocycles. The maximum Gasteiger partial charge on any atom is 0.322 e. The average molecular weight is 753 g/mol. The summed E-state index contributed by atoms with van der Waals surface area (Å²) in [5, 5.41) is 25.6. The highest BCUT2D eigenvalue weighted by molar-refractivity contribution is 5.94. The van der Waals surface area contributed by atoms with Crippen LogP contribution in [0.1, 0.15) is 75.3 Å². The molecule has 5 aliphatic heterocycles. The third-order valence-electron chi connectivity index (χ3n) is 15.0. The highest BCUT2D eigenvalue weighted by atomic mass is 16.6. The molecule has 11 heteroatoms. The zero-order chi connectivity index (χ0) is 38.7. The second kappa shape index (κ2) is 12.8. The second-order valence-electron chi connectivity index (χ2n) is 17.5. The summed E-state index contributed by atoms with van der Waals surface area (Å²) in [4.78, 5) is 38.8. The molecular weight excluding hydrogens is 697 g/mol. The van der Waals surface area contributed by atoms with Crippen LogP contribution in [-0.4, -0.2) is 121 Å². The molecule has 1 aromatic heterocycles. The summed E-state index contributed by atoms with van der Waals surface area (Å²) in [7, 11) is 5.16. The zero-order valence-corrected chi connectivity index (χ0v) is 33.1. The number of aromatic amines is 1. The van der Waals surface area contributed by atoms with Crippen molar-refractivity contribution in [3.8, 4) is 5.75 Å². The third-order valence-corrected chi connectivity index (χ3v) is 15.0. The molecule has 55 heavy (non-hydrogen) atoms. The SMILES string of the molecule is CC[C@]1(O)C[C@@H]2C[N@@](CCc3c([nH]c4ccccc34)[C@@](C(=O)OC)(c3cc4c(cc3OC)N(C)C3[C@H](O)[C@H](OC(C)=O)[C@]5(CC)C=CCN6CC[C@]43[C@@H]65)C2)C1. The number of hydrogen-bond donors (Lipinski definition) is 3. The van der Waals surface area contributed by atoms with Crippen LogP contribution in [0.5, 0.6) is 5.75 Å². The number of benzene rings is 2. The number of H-pyrrole nitrogens is 1. The lowest BCUT2D eigenvalue weighted by atomic mass is 9.51. The van der Waals surface area contributed by atoms with E-state index < -0.39 is 46.1 Å². The first-order valence-electron chi connectivity index (χ1n) is 20.3. The number of nitrogens with zero attached hydrogens (tertiary/aromatic N) is 3. The van der Waals surface area contributed by atoms with Crippen molar-refractivity contribution in [2.75, 3.05) is 58.9 Å². The minimum absolute atomic E-state index is 0.0270. The van der Waals surface area contributed by atoms with Crippen molar-refractivity contribution in [3.63, 3.8) is 0 Å². The maximum absolute atomic E-state index is 15.2. The van der Waals surface area contributed by atoms with Crippen molar-refractivity contribution in [2.45, 2.75) is 100 Å². The van der Waals surface area contributed by atoms with Gasteiger partial charge in [-0.05, 0) is 74.2 Å². The molecule has 2 aromatic carbocycles. The Morgan fingerprint density at radius 3 is 2.58 bits per heavy atom. The van der Waals surface area contributed by atoms with Crippen LogP contribution in [-0.2, 0) is 36.3 Å². The van der Waals surface area contributed by atoms with Crippen LogP contribution in [0.2, 0.25) is 0 Å². The van der Waals surface area contributed by atoms with Crippen molar-refractivity contribution >= 4 is 28.5 Å². The first-order valence-corrected chi connectivity index (χ1v) is 20.3. The highest BCUT2D eigenvalue weighted by Gasteiger charge is 2.73. The Labute approximate surface area is 323 Å². The smallest absolute Gasteiger partial charge is 0.322 e. The number of rotatable bonds is 6. The number of aliphatic hydroxyl groups is 2. The zero-order valence-electron chi connectivity index (χ0n) is 33.1. The summed E-state index contributed by atoms with van der Waals surface area (Å²) in [6.45, 7) is 9.32. The van der Waals surface area contributed by atoms with Crippen molar-refractivity contribution in [2.24, 2.45) is 11.3 Å². The lowest BCUT2D eigenvalue weighted by Crippen LogP contribution is -2.74. The molecule has 1 spiro atoms. The fourth-order valence-electron chi connectivity index (χ4n) is 13.0. The quantitative estimate of drug-likeness (QED) is 0.246. The summed E-state index contributed by atoms with van der Waals surface area (Å²) < 4.78 is 18.4. The Morgan fingerprint density at radius 2 is 1.85 bits per heavy atom. The van der Waals surface area contributed by atoms with Crippen molar-refractivity contribution in [1.29, 1.82) is 0 Å². The molecule has 3 N–H and O–H groups in total. The largest absolute Gasteiger partial charge is 0.496 e. The number of carbonyl (C=O) groups is 2. The molecule has 6 heterocycles. The van der Waals surface area contributed by atoms with Crippen molar-refractivity contribution < 1.29 is 34.0 Å². The second-order valence-corrected chi connectivity index (χ2v) is 17.5. The van der Waals surface area contributed by atoms with Gasteiger partial charge in [0.25, 0.3) is 0 Å². The number of hydrogen-bond acceptors (Lipinski definition) is 10. The van der Waals surface area contributed by atoms with Gasteiger partial charge in [0, 0.05) is 90.9 Å². The summed E-state index contributed by atoms with van der Waals surface area (Å²) in [5.74, 6) is -0.228. The average Bonchev–Trinajstić information content (AvgIpc) is 3.84. The van der Waals surface area contributed by atoms with Gasteiger partial charge in [-0.2, -0.15) is 0 Å². The number of fused-ring (bicyclic) bond motifs is 6. The highest BCUT2D eigenvalue weighted by Crippen LogP contribution is 2.66. The summed E-state index contributed by atoms with van der Waals surface area (Å²) in [6, 6.07) is 12.1. The van der Waals surface area contributed by atoms with Gasteiger partial charge >= 0.3 is 11.9 Å². The van der Waals surface area contributed by atoms with Crippen LogP contribution < -0.4 is 9.64 Å². The van der Waals surface area contributed by atoms with Crippen LogP contribution >= 0.6 is 0 Å². The molecule has 0 radical (unpaired) electrons. The van der Waals surface area contributed by atoms with Gasteiger partial charge in [-0.15, -0.1) is 0 Å². The van der Waals surface area contributed by atoms with Crippen LogP contribution in [0.3, 0.4) is 0 Å². The van der Waals surface area contributed by atoms with Gasteiger partial charge in [-0.25, -0.2) is 0 Å². The Balaban J connectivity index is 1.33. The Hall–Kier alpha value is -3.90.